The van der Waals surface area contributed by atoms with E-state index >= 15 is 0 Å². The van der Waals surface area contributed by atoms with Gasteiger partial charge in [-0.25, -0.2) is 15.0 Å². The van der Waals surface area contributed by atoms with Crippen molar-refractivity contribution >= 4 is 39.1 Å². The normalized spacial score (nSPS) is 16.0. The van der Waals surface area contributed by atoms with Crippen LogP contribution in [0.2, 0.25) is 0 Å². The van der Waals surface area contributed by atoms with E-state index < -0.39 is 0 Å². The second-order valence-corrected chi connectivity index (χ2v) is 8.31. The first kappa shape index (κ1) is 18.8. The molecule has 146 valence electrons. The summed E-state index contributed by atoms with van der Waals surface area (Å²) in [6, 6.07) is 8.64. The third-order valence-electron chi connectivity index (χ3n) is 4.87. The lowest BCUT2D eigenvalue weighted by Crippen LogP contribution is -2.27. The zero-order valence-corrected chi connectivity index (χ0v) is 17.2. The highest BCUT2D eigenvalue weighted by molar-refractivity contribution is 7.19. The first-order valence-electron chi connectivity index (χ1n) is 9.46. The minimum absolute atomic E-state index is 0.150. The van der Waals surface area contributed by atoms with Crippen molar-refractivity contribution in [2.75, 3.05) is 32.1 Å². The summed E-state index contributed by atoms with van der Waals surface area (Å²) < 4.78 is 0. The van der Waals surface area contributed by atoms with Crippen LogP contribution in [-0.4, -0.2) is 59.0 Å². The summed E-state index contributed by atoms with van der Waals surface area (Å²) in [7, 11) is 4.04. The highest BCUT2D eigenvalue weighted by Gasteiger charge is 2.30. The van der Waals surface area contributed by atoms with E-state index in [2.05, 4.69) is 55.2 Å². The Balaban J connectivity index is 1.61. The van der Waals surface area contributed by atoms with Crippen LogP contribution >= 0.6 is 11.3 Å². The number of aromatic nitrogens is 3. The molecule has 1 aliphatic heterocycles. The summed E-state index contributed by atoms with van der Waals surface area (Å²) in [6.07, 6.45) is 3.42. The number of carbonyl (C=O) groups excluding carboxylic acids is 1. The third-order valence-corrected chi connectivity index (χ3v) is 5.84. The van der Waals surface area contributed by atoms with Gasteiger partial charge in [0, 0.05) is 18.3 Å². The van der Waals surface area contributed by atoms with Gasteiger partial charge in [0.25, 0.3) is 5.91 Å². The minimum atomic E-state index is -0.150. The summed E-state index contributed by atoms with van der Waals surface area (Å²) in [5.41, 5.74) is 3.14. The summed E-state index contributed by atoms with van der Waals surface area (Å²) in [5, 5.41) is 3.38. The van der Waals surface area contributed by atoms with Crippen molar-refractivity contribution in [3.8, 4) is 0 Å². The Labute approximate surface area is 168 Å². The molecule has 7 nitrogen and oxygen atoms in total. The maximum atomic E-state index is 12.5. The average Bonchev–Trinajstić information content (AvgIpc) is 3.25. The van der Waals surface area contributed by atoms with Gasteiger partial charge in [-0.2, -0.15) is 0 Å². The van der Waals surface area contributed by atoms with E-state index in [1.165, 1.54) is 16.9 Å². The van der Waals surface area contributed by atoms with Crippen LogP contribution in [0, 0.1) is 0 Å². The predicted molar refractivity (Wildman–Crippen MR) is 112 cm³/mol. The topological polar surface area (TPSA) is 74.2 Å². The van der Waals surface area contributed by atoms with Gasteiger partial charge in [-0.1, -0.05) is 29.5 Å². The molecule has 0 spiro atoms. The molecule has 0 aliphatic carbocycles. The molecule has 3 heterocycles. The van der Waals surface area contributed by atoms with Crippen LogP contribution in [-0.2, 0) is 6.42 Å². The van der Waals surface area contributed by atoms with Gasteiger partial charge in [-0.05, 0) is 52.0 Å². The summed E-state index contributed by atoms with van der Waals surface area (Å²) in [5.74, 6) is 0.618. The average molecular weight is 397 g/mol. The summed E-state index contributed by atoms with van der Waals surface area (Å²) in [4.78, 5) is 31.0. The Hall–Kier alpha value is -2.58. The third kappa shape index (κ3) is 3.57. The number of rotatable bonds is 6. The lowest BCUT2D eigenvalue weighted by atomic mass is 10.1. The Kier molecular flexibility index (Phi) is 5.23. The number of hydrogen-bond acceptors (Lipinski definition) is 7. The first-order chi connectivity index (χ1) is 13.5. The number of anilines is 2. The molecule has 1 unspecified atom stereocenters. The van der Waals surface area contributed by atoms with E-state index in [-0.39, 0.29) is 11.9 Å². The lowest BCUT2D eigenvalue weighted by molar-refractivity contribution is 0.0952. The number of para-hydroxylation sites is 1. The van der Waals surface area contributed by atoms with Gasteiger partial charge in [-0.3, -0.25) is 4.79 Å². The predicted octanol–water partition coefficient (Wildman–Crippen LogP) is 2.85. The van der Waals surface area contributed by atoms with E-state index in [1.54, 1.807) is 6.33 Å². The molecule has 1 N–H and O–H groups in total. The monoisotopic (exact) mass is 396 g/mol. The number of hydrogen-bond donors (Lipinski definition) is 1. The van der Waals surface area contributed by atoms with Crippen LogP contribution in [0.15, 0.2) is 30.6 Å². The molecule has 0 bridgehead atoms. The van der Waals surface area contributed by atoms with E-state index in [4.69, 9.17) is 0 Å². The second kappa shape index (κ2) is 7.81. The van der Waals surface area contributed by atoms with Crippen LogP contribution in [0.5, 0.6) is 0 Å². The Morgan fingerprint density at radius 1 is 1.32 bits per heavy atom. The van der Waals surface area contributed by atoms with Crippen LogP contribution in [0.3, 0.4) is 0 Å². The number of amides is 1. The zero-order chi connectivity index (χ0) is 19.7. The maximum absolute atomic E-state index is 12.5. The Bertz CT molecular complexity index is 1000. The van der Waals surface area contributed by atoms with Crippen molar-refractivity contribution in [3.05, 3.63) is 41.2 Å². The van der Waals surface area contributed by atoms with Gasteiger partial charge in [0.15, 0.2) is 10.8 Å². The maximum Gasteiger partial charge on any atom is 0.280 e. The lowest BCUT2D eigenvalue weighted by Gasteiger charge is -2.23. The highest BCUT2D eigenvalue weighted by Crippen LogP contribution is 2.40. The van der Waals surface area contributed by atoms with E-state index in [0.29, 0.717) is 17.1 Å². The summed E-state index contributed by atoms with van der Waals surface area (Å²) in [6.45, 7) is 3.74. The van der Waals surface area contributed by atoms with Crippen molar-refractivity contribution < 1.29 is 4.79 Å². The SMILES string of the molecule is CC1Cc2ccccc2N1c1ncnc2sc(C(=O)NCCCN(C)C)nc12. The molecule has 1 atom stereocenters. The fraction of sp³-hybridized carbons (Fsp3) is 0.400. The van der Waals surface area contributed by atoms with Crippen molar-refractivity contribution in [1.29, 1.82) is 0 Å². The fourth-order valence-electron chi connectivity index (χ4n) is 3.58. The molecule has 1 aliphatic rings. The molecule has 28 heavy (non-hydrogen) atoms. The van der Waals surface area contributed by atoms with Crippen LogP contribution in [0.25, 0.3) is 10.3 Å². The molecule has 0 fully saturated rings. The fourth-order valence-corrected chi connectivity index (χ4v) is 4.40. The van der Waals surface area contributed by atoms with Crippen LogP contribution in [0.1, 0.15) is 28.7 Å². The Morgan fingerprint density at radius 3 is 2.96 bits per heavy atom. The van der Waals surface area contributed by atoms with Crippen molar-refractivity contribution in [2.45, 2.75) is 25.8 Å². The molecule has 4 rings (SSSR count). The van der Waals surface area contributed by atoms with Crippen molar-refractivity contribution in [3.63, 3.8) is 0 Å². The van der Waals surface area contributed by atoms with Crippen LogP contribution in [0.4, 0.5) is 11.5 Å². The number of nitrogens with one attached hydrogen (secondary N) is 1. The highest BCUT2D eigenvalue weighted by atomic mass is 32.1. The molecule has 0 radical (unpaired) electrons. The zero-order valence-electron chi connectivity index (χ0n) is 16.3. The van der Waals surface area contributed by atoms with Gasteiger partial charge in [0.05, 0.1) is 0 Å². The molecular weight excluding hydrogens is 372 g/mol. The molecule has 1 aromatic carbocycles. The smallest absolute Gasteiger partial charge is 0.280 e. The number of nitrogens with zero attached hydrogens (tertiary/aromatic N) is 5. The quantitative estimate of drug-likeness (QED) is 0.646. The van der Waals surface area contributed by atoms with Crippen molar-refractivity contribution in [2.24, 2.45) is 0 Å². The standard InChI is InChI=1S/C20H24N6OS/c1-13-11-14-7-4-5-8-15(14)26(13)17-16-19(23-12-22-17)28-20(24-16)18(27)21-9-6-10-25(2)3/h4-5,7-8,12-13H,6,9-11H2,1-3H3,(H,21,27). The molecule has 0 saturated carbocycles. The van der Waals surface area contributed by atoms with Crippen molar-refractivity contribution in [1.82, 2.24) is 25.2 Å². The van der Waals surface area contributed by atoms with E-state index in [1.807, 2.05) is 20.2 Å². The number of carbonyl (C=O) groups is 1. The van der Waals surface area contributed by atoms with Crippen LogP contribution < -0.4 is 10.2 Å². The second-order valence-electron chi connectivity index (χ2n) is 7.33. The minimum Gasteiger partial charge on any atom is -0.350 e. The number of fused-ring (bicyclic) bond motifs is 2. The Morgan fingerprint density at radius 2 is 2.14 bits per heavy atom. The largest absolute Gasteiger partial charge is 0.350 e. The van der Waals surface area contributed by atoms with Gasteiger partial charge < -0.3 is 15.1 Å². The van der Waals surface area contributed by atoms with Gasteiger partial charge >= 0.3 is 0 Å². The molecular formula is C20H24N6OS. The molecule has 2 aromatic heterocycles. The van der Waals surface area contributed by atoms with Gasteiger partial charge in [0.1, 0.15) is 16.7 Å². The van der Waals surface area contributed by atoms with E-state index in [0.717, 1.165) is 35.7 Å². The van der Waals surface area contributed by atoms with Gasteiger partial charge in [-0.15, -0.1) is 0 Å². The molecule has 0 saturated heterocycles. The van der Waals surface area contributed by atoms with E-state index in [9.17, 15) is 4.79 Å². The molecule has 8 heteroatoms. The van der Waals surface area contributed by atoms with Gasteiger partial charge in [0.2, 0.25) is 0 Å². The first-order valence-corrected chi connectivity index (χ1v) is 10.3. The molecule has 1 amide bonds. The number of benzene rings is 1. The molecule has 3 aromatic rings. The summed E-state index contributed by atoms with van der Waals surface area (Å²) >= 11 is 1.31. The number of thiazole rings is 1.